The van der Waals surface area contributed by atoms with Crippen LogP contribution < -0.4 is 37.2 Å². The van der Waals surface area contributed by atoms with Crippen LogP contribution >= 0.6 is 11.8 Å². The van der Waals surface area contributed by atoms with E-state index in [0.29, 0.717) is 73.7 Å². The number of benzene rings is 2. The predicted octanol–water partition coefficient (Wildman–Crippen LogP) is 3.30. The monoisotopic (exact) mass is 823 g/mol. The van der Waals surface area contributed by atoms with Crippen LogP contribution in [-0.4, -0.2) is 102 Å². The van der Waals surface area contributed by atoms with Crippen LogP contribution in [0.4, 0.5) is 4.79 Å². The molecule has 4 rings (SSSR count). The summed E-state index contributed by atoms with van der Waals surface area (Å²) in [6.45, 7) is 2.90. The first kappa shape index (κ1) is 45.7. The number of hydrogen-bond donors (Lipinski definition) is 9. The lowest BCUT2D eigenvalue weighted by Gasteiger charge is -2.17. The molecule has 0 saturated carbocycles. The number of thioether (sulfide) groups is 1. The fraction of sp³-hybridized carbons (Fsp3) is 0.571. The van der Waals surface area contributed by atoms with E-state index >= 15 is 0 Å². The highest BCUT2D eigenvalue weighted by atomic mass is 32.2. The molecular weight excluding hydrogens is 763 g/mol. The minimum absolute atomic E-state index is 0.0124. The largest absolute Gasteiger partial charge is 0.507 e. The molecule has 0 aliphatic carbocycles. The van der Waals surface area contributed by atoms with E-state index in [-0.39, 0.29) is 65.6 Å². The Hall–Kier alpha value is -4.99. The molecule has 7 amide bonds. The number of likely N-dealkylation sites (N-methyl/N-ethyl adjacent to an activating group) is 1. The fourth-order valence-electron chi connectivity index (χ4n) is 7.26. The zero-order valence-electron chi connectivity index (χ0n) is 33.8. The molecule has 4 atom stereocenters. The zero-order valence-corrected chi connectivity index (χ0v) is 34.6. The molecule has 58 heavy (non-hydrogen) atoms. The second-order valence-corrected chi connectivity index (χ2v) is 16.3. The highest BCUT2D eigenvalue weighted by Crippen LogP contribution is 2.37. The summed E-state index contributed by atoms with van der Waals surface area (Å²) in [6, 6.07) is 9.43. The number of phenolic OH excluding ortho intramolecular Hbond substituents is 2. The fourth-order valence-corrected chi connectivity index (χ4v) is 8.80. The number of rotatable bonds is 25. The number of unbranched alkanes of at least 4 members (excludes halogenated alkanes) is 5. The first-order valence-corrected chi connectivity index (χ1v) is 21.6. The third kappa shape index (κ3) is 15.4. The Kier molecular flexibility index (Phi) is 19.0. The molecular formula is C42H61N7O8S. The van der Waals surface area contributed by atoms with E-state index in [1.54, 1.807) is 24.3 Å². The Morgan fingerprint density at radius 3 is 1.88 bits per heavy atom. The molecule has 318 valence electrons. The first-order valence-electron chi connectivity index (χ1n) is 20.5. The van der Waals surface area contributed by atoms with Crippen LogP contribution in [0.15, 0.2) is 36.4 Å². The van der Waals surface area contributed by atoms with Gasteiger partial charge in [-0.15, -0.1) is 0 Å². The lowest BCUT2D eigenvalue weighted by molar-refractivity contribution is -0.127. The van der Waals surface area contributed by atoms with E-state index in [1.165, 1.54) is 26.1 Å². The number of fused-ring (bicyclic) bond motifs is 1. The third-order valence-corrected chi connectivity index (χ3v) is 11.9. The number of aromatic hydroxyl groups is 2. The van der Waals surface area contributed by atoms with Gasteiger partial charge in [-0.3, -0.25) is 24.0 Å². The van der Waals surface area contributed by atoms with Crippen LogP contribution in [0.2, 0.25) is 0 Å². The topological polar surface area (TPSA) is 227 Å². The Balaban J connectivity index is 1.00. The summed E-state index contributed by atoms with van der Waals surface area (Å²) in [7, 11) is 1.49. The van der Waals surface area contributed by atoms with Crippen LogP contribution in [0, 0.1) is 0 Å². The van der Waals surface area contributed by atoms with E-state index in [1.807, 2.05) is 11.8 Å². The van der Waals surface area contributed by atoms with Crippen LogP contribution in [0.1, 0.15) is 95.1 Å². The van der Waals surface area contributed by atoms with Crippen molar-refractivity contribution in [2.45, 2.75) is 120 Å². The number of carbonyl (C=O) groups is 6. The molecule has 2 aliphatic heterocycles. The van der Waals surface area contributed by atoms with Crippen molar-refractivity contribution >= 4 is 47.3 Å². The van der Waals surface area contributed by atoms with E-state index in [0.717, 1.165) is 62.7 Å². The average molecular weight is 824 g/mol. The SMILES string of the molecule is CNC(=O)[C@H](Cc1ccc(O)c(-c2cc(CCNC(=O)CCCCCNC(=O)CCCCCNC(=O)CCCC[C@@H]3SC[C@@H]4NC(=O)N[C@@H]43)ccc2O)c1)NC(C)=O. The molecule has 2 saturated heterocycles. The van der Waals surface area contributed by atoms with Gasteiger partial charge in [-0.05, 0) is 80.3 Å². The molecule has 0 unspecified atom stereocenters. The smallest absolute Gasteiger partial charge is 0.315 e. The molecule has 15 nitrogen and oxygen atoms in total. The van der Waals surface area contributed by atoms with E-state index < -0.39 is 6.04 Å². The Bertz CT molecular complexity index is 1730. The van der Waals surface area contributed by atoms with Crippen molar-refractivity contribution in [2.24, 2.45) is 0 Å². The summed E-state index contributed by atoms with van der Waals surface area (Å²) >= 11 is 1.89. The standard InChI is InChI=1S/C42H61N7O8S/c1-27(50)47-32(41(56)43-2)25-29-16-18-35(52)31(24-29)30-23-28(15-17-34(30)51)19-22-46-39(55)13-6-4-10-20-44-37(53)12-5-3-9-21-45-38(54)14-8-7-11-36-40-33(26-58-36)48-42(57)49-40/h15-18,23-24,32-33,36,40,51-52H,3-14,19-22,25-26H2,1-2H3,(H,43,56)(H,44,53)(H,45,54)(H,46,55)(H,47,50)(H2,48,49,57)/t32-,33-,36-,40-/m0/s1. The summed E-state index contributed by atoms with van der Waals surface area (Å²) < 4.78 is 0. The van der Waals surface area contributed by atoms with E-state index in [4.69, 9.17) is 0 Å². The van der Waals surface area contributed by atoms with Crippen molar-refractivity contribution in [3.8, 4) is 22.6 Å². The van der Waals surface area contributed by atoms with Gasteiger partial charge < -0.3 is 47.4 Å². The third-order valence-electron chi connectivity index (χ3n) is 10.4. The number of nitrogens with one attached hydrogen (secondary N) is 7. The summed E-state index contributed by atoms with van der Waals surface area (Å²) in [5.74, 6) is 0.175. The van der Waals surface area contributed by atoms with Crippen LogP contribution in [0.3, 0.4) is 0 Å². The van der Waals surface area contributed by atoms with Gasteiger partial charge in [0.05, 0.1) is 12.1 Å². The van der Waals surface area contributed by atoms with Crippen molar-refractivity contribution in [1.29, 1.82) is 0 Å². The van der Waals surface area contributed by atoms with E-state index in [9.17, 15) is 39.0 Å². The van der Waals surface area contributed by atoms with Crippen molar-refractivity contribution in [3.05, 3.63) is 47.5 Å². The maximum absolute atomic E-state index is 12.5. The van der Waals surface area contributed by atoms with Gasteiger partial charge in [0.2, 0.25) is 29.5 Å². The molecule has 16 heteroatoms. The Labute approximate surface area is 345 Å². The van der Waals surface area contributed by atoms with Crippen LogP contribution in [0.5, 0.6) is 11.5 Å². The van der Waals surface area contributed by atoms with Crippen molar-refractivity contribution < 1.29 is 39.0 Å². The number of phenols is 2. The number of amides is 7. The molecule has 0 spiro atoms. The van der Waals surface area contributed by atoms with Crippen molar-refractivity contribution in [3.63, 3.8) is 0 Å². The maximum atomic E-state index is 12.5. The van der Waals surface area contributed by atoms with Gasteiger partial charge in [-0.25, -0.2) is 4.79 Å². The number of hydrogen-bond acceptors (Lipinski definition) is 9. The van der Waals surface area contributed by atoms with Crippen LogP contribution in [0.25, 0.3) is 11.1 Å². The second kappa shape index (κ2) is 24.1. The zero-order chi connectivity index (χ0) is 41.9. The van der Waals surface area contributed by atoms with Crippen LogP contribution in [-0.2, 0) is 36.8 Å². The average Bonchev–Trinajstić information content (AvgIpc) is 3.75. The van der Waals surface area contributed by atoms with Gasteiger partial charge in [0.15, 0.2) is 0 Å². The lowest BCUT2D eigenvalue weighted by atomic mass is 9.96. The molecule has 2 aromatic rings. The quantitative estimate of drug-likeness (QED) is 0.0528. The van der Waals surface area contributed by atoms with Gasteiger partial charge in [-0.2, -0.15) is 11.8 Å². The van der Waals surface area contributed by atoms with Crippen molar-refractivity contribution in [2.75, 3.05) is 32.4 Å². The second-order valence-electron chi connectivity index (χ2n) is 15.1. The molecule has 2 fully saturated rings. The molecule has 2 aliphatic rings. The summed E-state index contributed by atoms with van der Waals surface area (Å²) in [4.78, 5) is 72.3. The Morgan fingerprint density at radius 1 is 0.741 bits per heavy atom. The summed E-state index contributed by atoms with van der Waals surface area (Å²) in [5, 5.41) is 41.7. The minimum atomic E-state index is -0.800. The molecule has 0 radical (unpaired) electrons. The van der Waals surface area contributed by atoms with Gasteiger partial charge in [0.1, 0.15) is 17.5 Å². The maximum Gasteiger partial charge on any atom is 0.315 e. The number of urea groups is 1. The van der Waals surface area contributed by atoms with Gasteiger partial charge in [0.25, 0.3) is 0 Å². The first-order chi connectivity index (χ1) is 27.9. The molecule has 0 aromatic heterocycles. The lowest BCUT2D eigenvalue weighted by Crippen LogP contribution is -2.46. The molecule has 2 aromatic carbocycles. The van der Waals surface area contributed by atoms with Crippen molar-refractivity contribution in [1.82, 2.24) is 37.2 Å². The normalized spacial score (nSPS) is 17.3. The van der Waals surface area contributed by atoms with E-state index in [2.05, 4.69) is 37.2 Å². The molecule has 9 N–H and O–H groups in total. The minimum Gasteiger partial charge on any atom is -0.507 e. The Morgan fingerprint density at radius 2 is 1.29 bits per heavy atom. The number of carbonyl (C=O) groups excluding carboxylic acids is 6. The van der Waals surface area contributed by atoms with Gasteiger partial charge in [-0.1, -0.05) is 31.4 Å². The molecule has 0 bridgehead atoms. The summed E-state index contributed by atoms with van der Waals surface area (Å²) in [6.07, 6.45) is 9.55. The molecule has 2 heterocycles. The van der Waals surface area contributed by atoms with Gasteiger partial charge >= 0.3 is 6.03 Å². The summed E-state index contributed by atoms with van der Waals surface area (Å²) in [5.41, 5.74) is 2.31. The highest BCUT2D eigenvalue weighted by Gasteiger charge is 2.42. The highest BCUT2D eigenvalue weighted by molar-refractivity contribution is 8.00. The predicted molar refractivity (Wildman–Crippen MR) is 224 cm³/mol. The van der Waals surface area contributed by atoms with Gasteiger partial charge in [0, 0.05) is 81.4 Å².